The van der Waals surface area contributed by atoms with Gasteiger partial charge in [-0.2, -0.15) is 0 Å². The molecule has 0 aromatic heterocycles. The molecule has 1 saturated heterocycles. The van der Waals surface area contributed by atoms with Crippen LogP contribution >= 0.6 is 11.6 Å². The number of hydrogen-bond acceptors (Lipinski definition) is 16. The predicted octanol–water partition coefficient (Wildman–Crippen LogP) is 4.22. The van der Waals surface area contributed by atoms with Crippen molar-refractivity contribution in [3.8, 4) is 23.0 Å². The Hall–Kier alpha value is -7.60. The number of halogens is 1. The van der Waals surface area contributed by atoms with Crippen LogP contribution in [0.2, 0.25) is 0 Å². The highest BCUT2D eigenvalue weighted by Crippen LogP contribution is 2.38. The number of rotatable bonds is 28. The third-order valence-electron chi connectivity index (χ3n) is 11.9. The fourth-order valence-electron chi connectivity index (χ4n) is 7.78. The Bertz CT molecular complexity index is 2480. The van der Waals surface area contributed by atoms with Gasteiger partial charge in [0.2, 0.25) is 23.6 Å². The maximum atomic E-state index is 13.3. The summed E-state index contributed by atoms with van der Waals surface area (Å²) < 4.78 is 0. The molecule has 78 heavy (non-hydrogen) atoms. The van der Waals surface area contributed by atoms with Crippen molar-refractivity contribution >= 4 is 65.6 Å². The number of carbonyl (C=O) groups is 9. The second kappa shape index (κ2) is 36.4. The molecule has 1 fully saturated rings. The van der Waals surface area contributed by atoms with E-state index in [1.807, 2.05) is 20.9 Å². The van der Waals surface area contributed by atoms with Gasteiger partial charge in [0.15, 0.2) is 29.3 Å². The monoisotopic (exact) mass is 1110 g/mol. The highest BCUT2D eigenvalue weighted by Gasteiger charge is 2.53. The lowest BCUT2D eigenvalue weighted by Gasteiger charge is -2.49. The molecule has 3 atom stereocenters. The smallest absolute Gasteiger partial charge is 0.353 e. The van der Waals surface area contributed by atoms with E-state index in [0.717, 1.165) is 43.8 Å². The van der Waals surface area contributed by atoms with Crippen LogP contribution in [0.15, 0.2) is 77.5 Å². The van der Waals surface area contributed by atoms with Crippen molar-refractivity contribution in [2.24, 2.45) is 0 Å². The minimum Gasteiger partial charge on any atom is -0.504 e. The summed E-state index contributed by atoms with van der Waals surface area (Å²) in [4.78, 5) is 110. The molecule has 3 aromatic rings. The van der Waals surface area contributed by atoms with E-state index in [-0.39, 0.29) is 95.3 Å². The zero-order valence-electron chi connectivity index (χ0n) is 44.5. The standard InChI is InChI=1S/C29H36ClN5O9.C16H27N3O3.C7H6O3.C2H6/c30-19-11-12-20-25(28(41)35(20)26(19)29(42)43)33-27(40)24(18-8-3-1-4-9-18)32-22(38)13-14-23(39)34(44)16-6-2-5-15-31-21(37)10-7-17-36;1-17-9-6-12-19(2)11-4-3-10-18-16(22)13-7-5-8-14(20)15(13)21;8-4-5-2-1-3-6(9)7(5)10;1-2/h1,3-4,8-9,17,20,24-25,44H,2,5-7,10-16H2,(H,31,37)(H,32,38)(H,33,40)(H,42,43);5,7-8,17,20-21H,3-4,6,9-12H2,1-2H3,(H,18,22);1-4,9-10H;1-2H3. The number of phenolic OH excluding ortho intramolecular Hbond substituents is 4. The number of fused-ring (bicyclic) bond motifs is 1. The van der Waals surface area contributed by atoms with Gasteiger partial charge in [0, 0.05) is 50.3 Å². The van der Waals surface area contributed by atoms with Crippen LogP contribution in [0.4, 0.5) is 0 Å². The summed E-state index contributed by atoms with van der Waals surface area (Å²) >= 11 is 6.02. The second-order valence-electron chi connectivity index (χ2n) is 17.6. The summed E-state index contributed by atoms with van der Waals surface area (Å²) in [5.74, 6) is -5.83. The third-order valence-corrected chi connectivity index (χ3v) is 12.3. The summed E-state index contributed by atoms with van der Waals surface area (Å²) in [5, 5.41) is 70.6. The Kier molecular flexibility index (Phi) is 31.1. The molecule has 2 aliphatic heterocycles. The Morgan fingerprint density at radius 1 is 0.756 bits per heavy atom. The summed E-state index contributed by atoms with van der Waals surface area (Å²) in [6.45, 7) is 8.08. The molecule has 0 spiro atoms. The van der Waals surface area contributed by atoms with Gasteiger partial charge in [-0.1, -0.05) is 67.9 Å². The molecular formula is C54H75ClN8O15. The molecule has 0 bridgehead atoms. The van der Waals surface area contributed by atoms with Crippen LogP contribution in [0.25, 0.3) is 0 Å². The van der Waals surface area contributed by atoms with Crippen molar-refractivity contribution in [2.75, 3.05) is 53.4 Å². The molecule has 2 heterocycles. The molecule has 6 amide bonds. The van der Waals surface area contributed by atoms with E-state index in [1.165, 1.54) is 36.4 Å². The van der Waals surface area contributed by atoms with Crippen LogP contribution in [0.3, 0.4) is 0 Å². The van der Waals surface area contributed by atoms with Gasteiger partial charge in [-0.15, -0.1) is 0 Å². The number of allylic oxidation sites excluding steroid dienone is 1. The number of aromatic hydroxyl groups is 4. The number of phenols is 4. The number of hydroxylamine groups is 2. The number of hydrogen-bond donors (Lipinski definition) is 11. The fraction of sp³-hybridized carbons (Fsp3) is 0.463. The maximum Gasteiger partial charge on any atom is 0.353 e. The number of nitrogens with one attached hydrogen (secondary N) is 5. The van der Waals surface area contributed by atoms with E-state index in [0.29, 0.717) is 62.0 Å². The lowest BCUT2D eigenvalue weighted by Crippen LogP contribution is -2.72. The zero-order chi connectivity index (χ0) is 58.2. The molecule has 2 aliphatic rings. The predicted molar refractivity (Wildman–Crippen MR) is 288 cm³/mol. The summed E-state index contributed by atoms with van der Waals surface area (Å²) in [6.07, 6.45) is 6.12. The van der Waals surface area contributed by atoms with Gasteiger partial charge in [-0.3, -0.25) is 43.7 Å². The molecule has 3 unspecified atom stereocenters. The van der Waals surface area contributed by atoms with Crippen molar-refractivity contribution in [3.05, 3.63) is 94.1 Å². The van der Waals surface area contributed by atoms with E-state index in [4.69, 9.17) is 21.8 Å². The van der Waals surface area contributed by atoms with Crippen LogP contribution in [0.1, 0.15) is 123 Å². The molecular weight excluding hydrogens is 1040 g/mol. The number of unbranched alkanes of at least 4 members (excludes halogenated alkanes) is 3. The number of carbonyl (C=O) groups excluding carboxylic acids is 8. The Balaban J connectivity index is 0.000000502. The minimum absolute atomic E-state index is 0.0339. The maximum absolute atomic E-state index is 13.3. The third kappa shape index (κ3) is 22.2. The molecule has 11 N–H and O–H groups in total. The summed E-state index contributed by atoms with van der Waals surface area (Å²) in [6, 6.07) is 14.1. The second-order valence-corrected chi connectivity index (χ2v) is 18.1. The lowest BCUT2D eigenvalue weighted by atomic mass is 9.86. The number of benzene rings is 3. The summed E-state index contributed by atoms with van der Waals surface area (Å²) in [5.41, 5.74) is 0.323. The largest absolute Gasteiger partial charge is 0.504 e. The highest BCUT2D eigenvalue weighted by molar-refractivity contribution is 6.32. The number of carboxylic acid groups (broad SMARTS) is 1. The van der Waals surface area contributed by atoms with Gasteiger partial charge in [0.1, 0.15) is 24.1 Å². The van der Waals surface area contributed by atoms with Crippen molar-refractivity contribution in [2.45, 2.75) is 109 Å². The van der Waals surface area contributed by atoms with Crippen molar-refractivity contribution < 1.29 is 73.9 Å². The lowest BCUT2D eigenvalue weighted by molar-refractivity contribution is -0.166. The van der Waals surface area contributed by atoms with Gasteiger partial charge >= 0.3 is 5.97 Å². The number of carboxylic acids is 1. The number of para-hydroxylation sites is 2. The van der Waals surface area contributed by atoms with Crippen LogP contribution in [0.5, 0.6) is 23.0 Å². The number of nitrogens with zero attached hydrogens (tertiary/aromatic N) is 3. The quantitative estimate of drug-likeness (QED) is 0.0121. The summed E-state index contributed by atoms with van der Waals surface area (Å²) in [7, 11) is 4.05. The first-order chi connectivity index (χ1) is 37.4. The van der Waals surface area contributed by atoms with Gasteiger partial charge in [-0.25, -0.2) is 9.86 Å². The highest BCUT2D eigenvalue weighted by atomic mass is 35.5. The normalized spacial score (nSPS) is 14.4. The topological polar surface area (TPSA) is 345 Å². The van der Waals surface area contributed by atoms with Crippen LogP contribution in [0, 0.1) is 0 Å². The van der Waals surface area contributed by atoms with Crippen LogP contribution < -0.4 is 26.6 Å². The van der Waals surface area contributed by atoms with Crippen LogP contribution in [-0.4, -0.2) is 165 Å². The number of aliphatic carboxylic acids is 1. The number of aldehydes is 2. The van der Waals surface area contributed by atoms with Crippen molar-refractivity contribution in [1.82, 2.24) is 41.4 Å². The molecule has 428 valence electrons. The average Bonchev–Trinajstić information content (AvgIpc) is 3.45. The van der Waals surface area contributed by atoms with E-state index >= 15 is 0 Å². The fourth-order valence-corrected chi connectivity index (χ4v) is 8.06. The average molecular weight is 1110 g/mol. The van der Waals surface area contributed by atoms with E-state index in [1.54, 1.807) is 30.3 Å². The first-order valence-corrected chi connectivity index (χ1v) is 26.1. The molecule has 23 nitrogen and oxygen atoms in total. The first kappa shape index (κ1) is 66.5. The number of β-lactam (4-membered cyclic amide) rings is 1. The minimum atomic E-state index is -1.34. The van der Waals surface area contributed by atoms with Gasteiger partial charge in [0.05, 0.1) is 17.2 Å². The molecule has 24 heteroatoms. The molecule has 0 aliphatic carbocycles. The number of amides is 6. The van der Waals surface area contributed by atoms with Gasteiger partial charge in [-0.05, 0) is 115 Å². The molecule has 5 rings (SSSR count). The van der Waals surface area contributed by atoms with Gasteiger partial charge < -0.3 is 61.8 Å². The molecule has 0 saturated carbocycles. The first-order valence-electron chi connectivity index (χ1n) is 25.7. The molecule has 0 radical (unpaired) electrons. The zero-order valence-corrected chi connectivity index (χ0v) is 45.3. The van der Waals surface area contributed by atoms with E-state index in [2.05, 4.69) is 38.5 Å². The van der Waals surface area contributed by atoms with E-state index < -0.39 is 47.7 Å². The molecule has 3 aromatic carbocycles. The Labute approximate surface area is 459 Å². The SMILES string of the molecule is CC.CNCCCN(C)CCCCNC(=O)c1cccc(O)c1O.O=CCCC(=O)NCCCCCN(O)C(=O)CCC(=O)NC(C(=O)NC1C(=O)N2C(C(=O)O)=C(Cl)CCC12)c1ccccc1.O=Cc1cccc(O)c1O. The van der Waals surface area contributed by atoms with Crippen molar-refractivity contribution in [3.63, 3.8) is 0 Å². The Morgan fingerprint density at radius 3 is 2.03 bits per heavy atom. The van der Waals surface area contributed by atoms with Crippen LogP contribution in [-0.2, 0) is 33.6 Å². The van der Waals surface area contributed by atoms with Gasteiger partial charge in [0.25, 0.3) is 11.8 Å². The Morgan fingerprint density at radius 2 is 1.38 bits per heavy atom. The van der Waals surface area contributed by atoms with Crippen molar-refractivity contribution in [1.29, 1.82) is 0 Å². The van der Waals surface area contributed by atoms with E-state index in [9.17, 15) is 63.7 Å².